The quantitative estimate of drug-likeness (QED) is 0.128. The number of hydrazine groups is 1. The monoisotopic (exact) mass is 1000 g/mol. The molecular weight excluding hydrogens is 927 g/mol. The number of hydrogen-bond acceptors (Lipinski definition) is 12. The van der Waals surface area contributed by atoms with Crippen molar-refractivity contribution in [1.82, 2.24) is 44.9 Å². The molecule has 0 saturated carbocycles. The van der Waals surface area contributed by atoms with Crippen LogP contribution in [0.4, 0.5) is 0 Å². The molecule has 4 amide bonds. The van der Waals surface area contributed by atoms with Gasteiger partial charge in [-0.2, -0.15) is 0 Å². The second kappa shape index (κ2) is 23.0. The molecule has 0 aliphatic carbocycles. The molecule has 3 fully saturated rings. The summed E-state index contributed by atoms with van der Waals surface area (Å²) in [6, 6.07) is 12.5. The van der Waals surface area contributed by atoms with E-state index in [0.29, 0.717) is 57.5 Å². The predicted molar refractivity (Wildman–Crippen MR) is 280 cm³/mol. The van der Waals surface area contributed by atoms with Crippen LogP contribution in [0.3, 0.4) is 0 Å². The van der Waals surface area contributed by atoms with Gasteiger partial charge in [-0.05, 0) is 104 Å². The van der Waals surface area contributed by atoms with Crippen LogP contribution >= 0.6 is 0 Å². The molecule has 17 nitrogen and oxygen atoms in total. The summed E-state index contributed by atoms with van der Waals surface area (Å²) in [6.07, 6.45) is 7.22. The van der Waals surface area contributed by atoms with Gasteiger partial charge in [0.05, 0.1) is 30.5 Å². The summed E-state index contributed by atoms with van der Waals surface area (Å²) in [5.74, 6) is -2.71. The van der Waals surface area contributed by atoms with Gasteiger partial charge in [-0.15, -0.1) is 0 Å². The highest BCUT2D eigenvalue weighted by atomic mass is 16.5. The first-order valence-corrected chi connectivity index (χ1v) is 26.0. The van der Waals surface area contributed by atoms with E-state index in [9.17, 15) is 29.1 Å². The topological polar surface area (TPSA) is 182 Å². The number of amides is 4. The van der Waals surface area contributed by atoms with Crippen molar-refractivity contribution in [2.45, 2.75) is 98.0 Å². The molecule has 73 heavy (non-hydrogen) atoms. The lowest BCUT2D eigenvalue weighted by Crippen LogP contribution is -2.62. The fourth-order valence-electron chi connectivity index (χ4n) is 11.1. The number of cyclic esters (lactones) is 1. The fraction of sp³-hybridized carbons (Fsp3) is 0.536. The average molecular weight is 1000 g/mol. The summed E-state index contributed by atoms with van der Waals surface area (Å²) in [5.41, 5.74) is 9.58. The molecule has 6 heterocycles. The van der Waals surface area contributed by atoms with Crippen LogP contribution in [0.25, 0.3) is 33.3 Å². The SMILES string of the molecule is CCn1c(-c2cccnc2COC)c2c3cc(ccc31)-c1cc(O)cc(c1)C[C@H](NC(=O)[C@H](C(C)C)N(C)C(=O)[C@H]1CCN(C(=O)/C=C/CN3CCN(C)CC3)C1)C(=O)N1CCC[C@H](N1)C(=O)OCC(C)(C)C2. The number of phenolic OH excluding ortho intramolecular Hbond substituents is 1. The molecule has 17 heteroatoms. The van der Waals surface area contributed by atoms with Gasteiger partial charge in [0.1, 0.15) is 23.9 Å². The predicted octanol–water partition coefficient (Wildman–Crippen LogP) is 5.03. The van der Waals surface area contributed by atoms with Crippen molar-refractivity contribution in [3.63, 3.8) is 0 Å². The first kappa shape index (κ1) is 53.2. The van der Waals surface area contributed by atoms with Crippen molar-refractivity contribution in [3.8, 4) is 28.1 Å². The molecule has 0 unspecified atom stereocenters. The minimum absolute atomic E-state index is 0.00817. The number of rotatable bonds is 12. The molecule has 4 atom stereocenters. The first-order chi connectivity index (χ1) is 34.9. The number of pyridine rings is 1. The number of phenols is 1. The van der Waals surface area contributed by atoms with Gasteiger partial charge in [0.25, 0.3) is 5.91 Å². The van der Waals surface area contributed by atoms with Crippen molar-refractivity contribution < 1.29 is 38.6 Å². The maximum atomic E-state index is 14.8. The molecule has 2 aromatic carbocycles. The van der Waals surface area contributed by atoms with Crippen LogP contribution in [0.1, 0.15) is 70.7 Å². The van der Waals surface area contributed by atoms with E-state index < -0.39 is 47.2 Å². The third kappa shape index (κ3) is 12.1. The van der Waals surface area contributed by atoms with Gasteiger partial charge in [0, 0.05) is 114 Å². The lowest BCUT2D eigenvalue weighted by molar-refractivity contribution is -0.155. The minimum atomic E-state index is -1.17. The van der Waals surface area contributed by atoms with E-state index in [4.69, 9.17) is 14.5 Å². The summed E-state index contributed by atoms with van der Waals surface area (Å²) < 4.78 is 14.0. The lowest BCUT2D eigenvalue weighted by atomic mass is 9.84. The van der Waals surface area contributed by atoms with Crippen LogP contribution in [-0.4, -0.2) is 167 Å². The molecule has 8 rings (SSSR count). The Morgan fingerprint density at radius 1 is 1.03 bits per heavy atom. The Morgan fingerprint density at radius 3 is 2.55 bits per heavy atom. The molecule has 392 valence electrons. The number of carbonyl (C=O) groups is 5. The summed E-state index contributed by atoms with van der Waals surface area (Å²) in [4.78, 5) is 83.5. The number of aromatic nitrogens is 2. The Hall–Kier alpha value is -6.14. The third-order valence-electron chi connectivity index (χ3n) is 15.0. The molecule has 3 saturated heterocycles. The number of likely N-dealkylation sites (N-methyl/N-ethyl adjacent to an activating group) is 2. The number of nitrogens with zero attached hydrogens (tertiary/aromatic N) is 7. The van der Waals surface area contributed by atoms with E-state index in [0.717, 1.165) is 70.7 Å². The van der Waals surface area contributed by atoms with Crippen molar-refractivity contribution in [1.29, 1.82) is 0 Å². The Labute approximate surface area is 429 Å². The third-order valence-corrected chi connectivity index (χ3v) is 15.0. The molecule has 0 spiro atoms. The molecule has 4 aliphatic heterocycles. The number of carbonyl (C=O) groups excluding carboxylic acids is 5. The van der Waals surface area contributed by atoms with Gasteiger partial charge in [-0.25, -0.2) is 5.43 Å². The van der Waals surface area contributed by atoms with Gasteiger partial charge in [0.15, 0.2) is 0 Å². The van der Waals surface area contributed by atoms with Crippen molar-refractivity contribution >= 4 is 40.5 Å². The van der Waals surface area contributed by atoms with Crippen LogP contribution in [-0.2, 0) is 59.4 Å². The van der Waals surface area contributed by atoms with E-state index in [1.807, 2.05) is 38.1 Å². The number of aromatic hydroxyl groups is 1. The molecule has 6 bridgehead atoms. The van der Waals surface area contributed by atoms with Crippen molar-refractivity contribution in [2.24, 2.45) is 17.3 Å². The number of hydrogen-bond donors (Lipinski definition) is 3. The normalized spacial score (nSPS) is 21.6. The van der Waals surface area contributed by atoms with Crippen LogP contribution in [0.2, 0.25) is 0 Å². The van der Waals surface area contributed by atoms with Crippen molar-refractivity contribution in [3.05, 3.63) is 83.7 Å². The molecular formula is C56H75N9O8. The molecule has 4 aromatic rings. The number of benzene rings is 2. The van der Waals surface area contributed by atoms with Crippen LogP contribution in [0.15, 0.2) is 66.9 Å². The maximum Gasteiger partial charge on any atom is 0.324 e. The van der Waals surface area contributed by atoms with E-state index >= 15 is 0 Å². The number of ether oxygens (including phenoxy) is 2. The Morgan fingerprint density at radius 2 is 1.81 bits per heavy atom. The molecule has 0 radical (unpaired) electrons. The van der Waals surface area contributed by atoms with E-state index in [1.165, 1.54) is 9.91 Å². The van der Waals surface area contributed by atoms with E-state index in [1.54, 1.807) is 43.5 Å². The van der Waals surface area contributed by atoms with E-state index in [-0.39, 0.29) is 49.6 Å². The summed E-state index contributed by atoms with van der Waals surface area (Å²) >= 11 is 0. The lowest BCUT2D eigenvalue weighted by Gasteiger charge is -2.37. The summed E-state index contributed by atoms with van der Waals surface area (Å²) in [5, 5.41) is 16.8. The number of piperazine rings is 1. The number of fused-ring (bicyclic) bond motifs is 6. The van der Waals surface area contributed by atoms with Gasteiger partial charge >= 0.3 is 5.97 Å². The highest BCUT2D eigenvalue weighted by Gasteiger charge is 2.40. The molecule has 4 aliphatic rings. The zero-order valence-electron chi connectivity index (χ0n) is 44.0. The fourth-order valence-corrected chi connectivity index (χ4v) is 11.1. The Kier molecular flexibility index (Phi) is 16.7. The van der Waals surface area contributed by atoms with Crippen LogP contribution < -0.4 is 10.7 Å². The summed E-state index contributed by atoms with van der Waals surface area (Å²) in [7, 11) is 5.37. The Balaban J connectivity index is 1.09. The van der Waals surface area contributed by atoms with Gasteiger partial charge in [0.2, 0.25) is 17.7 Å². The van der Waals surface area contributed by atoms with Gasteiger partial charge in [-0.3, -0.25) is 38.9 Å². The largest absolute Gasteiger partial charge is 0.508 e. The number of esters is 1. The van der Waals surface area contributed by atoms with Crippen LogP contribution in [0, 0.1) is 17.3 Å². The number of likely N-dealkylation sites (tertiary alicyclic amines) is 1. The van der Waals surface area contributed by atoms with Crippen LogP contribution in [0.5, 0.6) is 5.75 Å². The first-order valence-electron chi connectivity index (χ1n) is 26.0. The maximum absolute atomic E-state index is 14.8. The number of nitrogens with one attached hydrogen (secondary N) is 2. The standard InChI is InChI=1S/C56H75N9O8/c1-9-64-48-17-16-38-31-43(48)44(51(64)42-13-10-19-57-47(42)34-72-8)32-56(4,5)35-73-55(71)45-14-11-21-65(59-45)54(70)46(29-37-27-40(38)30-41(66)28-37)58-52(68)50(36(2)3)61(7)53(69)39-18-22-63(33-39)49(67)15-12-20-62-25-23-60(6)24-26-62/h10,12-13,15-17,19,27-28,30-31,36,39,45-46,50,59,66H,9,11,14,18,20-26,29,32-35H2,1-8H3,(H,58,68)/b15-12+/t39-,45-,46-,50-/m0/s1. The highest BCUT2D eigenvalue weighted by molar-refractivity contribution is 5.96. The van der Waals surface area contributed by atoms with Gasteiger partial charge < -0.3 is 39.2 Å². The number of aryl methyl sites for hydroxylation is 1. The minimum Gasteiger partial charge on any atom is -0.508 e. The second-order valence-electron chi connectivity index (χ2n) is 21.6. The smallest absolute Gasteiger partial charge is 0.324 e. The van der Waals surface area contributed by atoms with Crippen molar-refractivity contribution in [2.75, 3.05) is 80.2 Å². The number of methoxy groups -OCH3 is 1. The molecule has 3 N–H and O–H groups in total. The van der Waals surface area contributed by atoms with Gasteiger partial charge in [-0.1, -0.05) is 45.9 Å². The van der Waals surface area contributed by atoms with E-state index in [2.05, 4.69) is 71.1 Å². The Bertz CT molecular complexity index is 2710. The highest BCUT2D eigenvalue weighted by Crippen LogP contribution is 2.41. The second-order valence-corrected chi connectivity index (χ2v) is 21.6. The summed E-state index contributed by atoms with van der Waals surface area (Å²) in [6.45, 7) is 16.6. The zero-order valence-corrected chi connectivity index (χ0v) is 44.0. The molecule has 2 aromatic heterocycles. The zero-order chi connectivity index (χ0) is 52.1. The average Bonchev–Trinajstić information content (AvgIpc) is 3.98.